The lowest BCUT2D eigenvalue weighted by molar-refractivity contribution is 0.0524. The number of halogens is 1. The van der Waals surface area contributed by atoms with Crippen molar-refractivity contribution < 1.29 is 9.53 Å². The van der Waals surface area contributed by atoms with E-state index in [4.69, 9.17) is 10.5 Å². The normalized spacial score (nSPS) is 13.2. The molecule has 1 aromatic heterocycles. The maximum atomic E-state index is 11.4. The van der Waals surface area contributed by atoms with Crippen molar-refractivity contribution in [2.24, 2.45) is 5.73 Å². The van der Waals surface area contributed by atoms with Crippen LogP contribution in [0, 0.1) is 0 Å². The van der Waals surface area contributed by atoms with Gasteiger partial charge in [-0.1, -0.05) is 0 Å². The number of rotatable bonds is 4. The fraction of sp³-hybridized carbons (Fsp3) is 0.636. The topological polar surface area (TPSA) is 77.2 Å². The number of nitrogens with two attached hydrogens (primary N) is 1. The molecule has 0 aliphatic rings. The molecule has 0 aliphatic carbocycles. The summed E-state index contributed by atoms with van der Waals surface area (Å²) in [6.07, 6.45) is 1.93. The van der Waals surface area contributed by atoms with E-state index in [1.807, 2.05) is 20.8 Å². The van der Waals surface area contributed by atoms with Gasteiger partial charge in [-0.15, -0.1) is 11.3 Å². The molecule has 1 rings (SSSR count). The maximum absolute atomic E-state index is 11.4. The number of aromatic nitrogens is 1. The van der Waals surface area contributed by atoms with Crippen molar-refractivity contribution >= 4 is 33.4 Å². The Labute approximate surface area is 119 Å². The van der Waals surface area contributed by atoms with E-state index in [-0.39, 0.29) is 6.04 Å². The van der Waals surface area contributed by atoms with Gasteiger partial charge in [0.15, 0.2) is 0 Å². The van der Waals surface area contributed by atoms with E-state index in [1.165, 1.54) is 0 Å². The lowest BCUT2D eigenvalue weighted by Crippen LogP contribution is -2.41. The van der Waals surface area contributed by atoms with Crippen LogP contribution >= 0.6 is 27.3 Å². The molecule has 3 N–H and O–H groups in total. The molecule has 1 atom stereocenters. The van der Waals surface area contributed by atoms with E-state index in [9.17, 15) is 4.79 Å². The molecule has 0 spiro atoms. The Morgan fingerprint density at radius 1 is 1.67 bits per heavy atom. The third-order valence-corrected chi connectivity index (χ3v) is 3.37. The molecule has 102 valence electrons. The van der Waals surface area contributed by atoms with Crippen molar-refractivity contribution in [2.75, 3.05) is 6.54 Å². The van der Waals surface area contributed by atoms with Crippen LogP contribution in [0.4, 0.5) is 4.79 Å². The molecule has 1 amide bonds. The Bertz CT molecular complexity index is 403. The average Bonchev–Trinajstić information content (AvgIpc) is 2.58. The lowest BCUT2D eigenvalue weighted by Gasteiger charge is -2.20. The Balaban J connectivity index is 2.29. The van der Waals surface area contributed by atoms with E-state index in [1.54, 1.807) is 17.5 Å². The van der Waals surface area contributed by atoms with Gasteiger partial charge < -0.3 is 15.8 Å². The number of alkyl carbamates (subject to hydrolysis) is 1. The number of thiazole rings is 1. The van der Waals surface area contributed by atoms with Gasteiger partial charge in [0, 0.05) is 19.0 Å². The predicted octanol–water partition coefficient (Wildman–Crippen LogP) is 2.30. The van der Waals surface area contributed by atoms with Gasteiger partial charge in [-0.3, -0.25) is 0 Å². The molecule has 0 aromatic carbocycles. The van der Waals surface area contributed by atoms with Gasteiger partial charge in [-0.25, -0.2) is 9.78 Å². The predicted molar refractivity (Wildman–Crippen MR) is 75.7 cm³/mol. The van der Waals surface area contributed by atoms with Crippen LogP contribution < -0.4 is 11.1 Å². The zero-order valence-corrected chi connectivity index (χ0v) is 13.1. The van der Waals surface area contributed by atoms with Crippen LogP contribution in [-0.2, 0) is 11.2 Å². The van der Waals surface area contributed by atoms with Gasteiger partial charge in [0.05, 0.1) is 15.0 Å². The van der Waals surface area contributed by atoms with E-state index < -0.39 is 11.7 Å². The van der Waals surface area contributed by atoms with Crippen LogP contribution in [-0.4, -0.2) is 29.3 Å². The molecule has 0 aliphatic heterocycles. The van der Waals surface area contributed by atoms with Crippen molar-refractivity contribution in [3.8, 4) is 0 Å². The summed E-state index contributed by atoms with van der Waals surface area (Å²) in [5.41, 5.74) is 5.42. The molecule has 0 saturated heterocycles. The summed E-state index contributed by atoms with van der Waals surface area (Å²) in [4.78, 5) is 15.6. The molecular formula is C11H18BrN3O2S. The number of amides is 1. The molecule has 1 unspecified atom stereocenters. The summed E-state index contributed by atoms with van der Waals surface area (Å²) in [6, 6.07) is -0.171. The minimum atomic E-state index is -0.492. The third-order valence-electron chi connectivity index (χ3n) is 1.87. The first-order chi connectivity index (χ1) is 8.26. The number of ether oxygens (including phenoxy) is 1. The summed E-state index contributed by atoms with van der Waals surface area (Å²) in [6.45, 7) is 5.82. The fourth-order valence-corrected chi connectivity index (χ4v) is 2.60. The van der Waals surface area contributed by atoms with Crippen molar-refractivity contribution in [1.29, 1.82) is 0 Å². The summed E-state index contributed by atoms with van der Waals surface area (Å²) in [7, 11) is 0. The Morgan fingerprint density at radius 2 is 2.33 bits per heavy atom. The Kier molecular flexibility index (Phi) is 5.55. The molecule has 1 aromatic rings. The van der Waals surface area contributed by atoms with Gasteiger partial charge in [0.2, 0.25) is 0 Å². The average molecular weight is 336 g/mol. The van der Waals surface area contributed by atoms with Crippen LogP contribution in [0.5, 0.6) is 0 Å². The van der Waals surface area contributed by atoms with Crippen LogP contribution in [0.15, 0.2) is 9.98 Å². The minimum Gasteiger partial charge on any atom is -0.444 e. The van der Waals surface area contributed by atoms with Crippen molar-refractivity contribution in [1.82, 2.24) is 10.3 Å². The number of hydrogen-bond acceptors (Lipinski definition) is 5. The van der Waals surface area contributed by atoms with Crippen LogP contribution in [0.3, 0.4) is 0 Å². The van der Waals surface area contributed by atoms with Gasteiger partial charge in [0.1, 0.15) is 5.60 Å². The van der Waals surface area contributed by atoms with E-state index in [2.05, 4.69) is 26.2 Å². The fourth-order valence-electron chi connectivity index (χ4n) is 1.21. The highest BCUT2D eigenvalue weighted by atomic mass is 79.9. The first kappa shape index (κ1) is 15.4. The zero-order valence-electron chi connectivity index (χ0n) is 10.7. The van der Waals surface area contributed by atoms with Crippen LogP contribution in [0.1, 0.15) is 25.8 Å². The van der Waals surface area contributed by atoms with Crippen LogP contribution in [0.25, 0.3) is 0 Å². The first-order valence-electron chi connectivity index (χ1n) is 5.59. The van der Waals surface area contributed by atoms with E-state index >= 15 is 0 Å². The lowest BCUT2D eigenvalue weighted by atomic mass is 10.2. The molecule has 5 nitrogen and oxygen atoms in total. The van der Waals surface area contributed by atoms with Crippen molar-refractivity contribution in [2.45, 2.75) is 38.8 Å². The highest BCUT2D eigenvalue weighted by Gasteiger charge is 2.16. The van der Waals surface area contributed by atoms with Gasteiger partial charge in [-0.2, -0.15) is 0 Å². The second-order valence-electron chi connectivity index (χ2n) is 4.91. The Morgan fingerprint density at radius 3 is 2.83 bits per heavy atom. The maximum Gasteiger partial charge on any atom is 0.407 e. The summed E-state index contributed by atoms with van der Waals surface area (Å²) >= 11 is 4.88. The van der Waals surface area contributed by atoms with Crippen molar-refractivity contribution in [3.63, 3.8) is 0 Å². The number of carbonyl (C=O) groups excluding carboxylic acids is 1. The smallest absolute Gasteiger partial charge is 0.407 e. The van der Waals surface area contributed by atoms with Gasteiger partial charge in [-0.05, 0) is 36.7 Å². The summed E-state index contributed by atoms with van der Waals surface area (Å²) < 4.78 is 6.09. The number of nitrogens with zero attached hydrogens (tertiary/aromatic N) is 1. The molecule has 1 heterocycles. The molecule has 0 bridgehead atoms. The number of carbonyl (C=O) groups is 1. The molecule has 0 saturated carbocycles. The van der Waals surface area contributed by atoms with Crippen LogP contribution in [0.2, 0.25) is 0 Å². The van der Waals surface area contributed by atoms with E-state index in [0.717, 1.165) is 8.79 Å². The standard InChI is InChI=1S/C11H18BrN3O2S/c1-11(2,3)17-10(16)15-5-7(13)4-9-14-6-8(12)18-9/h6-7H,4-5,13H2,1-3H3,(H,15,16). The highest BCUT2D eigenvalue weighted by molar-refractivity contribution is 9.11. The summed E-state index contributed by atoms with van der Waals surface area (Å²) in [5, 5.41) is 3.59. The zero-order chi connectivity index (χ0) is 13.8. The second-order valence-corrected chi connectivity index (χ2v) is 7.40. The monoisotopic (exact) mass is 335 g/mol. The molecular weight excluding hydrogens is 318 g/mol. The minimum absolute atomic E-state index is 0.171. The van der Waals surface area contributed by atoms with Gasteiger partial charge >= 0.3 is 6.09 Å². The highest BCUT2D eigenvalue weighted by Crippen LogP contribution is 2.19. The molecule has 7 heteroatoms. The first-order valence-corrected chi connectivity index (χ1v) is 7.20. The largest absolute Gasteiger partial charge is 0.444 e. The molecule has 18 heavy (non-hydrogen) atoms. The Hall–Kier alpha value is -0.660. The second kappa shape index (κ2) is 6.49. The molecule has 0 radical (unpaired) electrons. The third kappa shape index (κ3) is 6.32. The number of nitrogens with one attached hydrogen (secondary N) is 1. The van der Waals surface area contributed by atoms with Crippen molar-refractivity contribution in [3.05, 3.63) is 15.0 Å². The number of hydrogen-bond donors (Lipinski definition) is 2. The van der Waals surface area contributed by atoms with E-state index in [0.29, 0.717) is 13.0 Å². The quantitative estimate of drug-likeness (QED) is 0.884. The summed E-state index contributed by atoms with van der Waals surface area (Å²) in [5.74, 6) is 0. The van der Waals surface area contributed by atoms with Gasteiger partial charge in [0.25, 0.3) is 0 Å². The molecule has 0 fully saturated rings. The SMILES string of the molecule is CC(C)(C)OC(=O)NCC(N)Cc1ncc(Br)s1.